The van der Waals surface area contributed by atoms with E-state index in [2.05, 4.69) is 5.32 Å². The molecule has 3 N–H and O–H groups in total. The lowest BCUT2D eigenvalue weighted by molar-refractivity contribution is 0.0589. The highest BCUT2D eigenvalue weighted by molar-refractivity contribution is 5.67. The summed E-state index contributed by atoms with van der Waals surface area (Å²) < 4.78 is 4.76. The van der Waals surface area contributed by atoms with Gasteiger partial charge in [-0.05, 0) is 18.9 Å². The van der Waals surface area contributed by atoms with Gasteiger partial charge in [-0.25, -0.2) is 4.79 Å². The van der Waals surface area contributed by atoms with Crippen LogP contribution >= 0.6 is 0 Å². The smallest absolute Gasteiger partial charge is 0.407 e. The number of nitrogens with one attached hydrogen (secondary N) is 1. The van der Waals surface area contributed by atoms with Crippen LogP contribution in [0, 0.1) is 0 Å². The van der Waals surface area contributed by atoms with Gasteiger partial charge in [-0.15, -0.1) is 0 Å². The first-order valence-electron chi connectivity index (χ1n) is 5.93. The average molecular weight is 253 g/mol. The van der Waals surface area contributed by atoms with Crippen LogP contribution in [0.15, 0.2) is 30.3 Å². The zero-order chi connectivity index (χ0) is 13.4. The molecule has 0 bridgehead atoms. The molecule has 0 unspecified atom stereocenters. The molecular formula is C13H19NO4. The first kappa shape index (κ1) is 14.5. The summed E-state index contributed by atoms with van der Waals surface area (Å²) in [4.78, 5) is 11.3. The van der Waals surface area contributed by atoms with Crippen LogP contribution in [0.2, 0.25) is 0 Å². The molecule has 1 aromatic carbocycles. The second-order valence-electron chi connectivity index (χ2n) is 3.91. The molecule has 0 fully saturated rings. The summed E-state index contributed by atoms with van der Waals surface area (Å²) in [6.45, 7) is 1.55. The van der Waals surface area contributed by atoms with Crippen molar-refractivity contribution in [3.63, 3.8) is 0 Å². The van der Waals surface area contributed by atoms with Crippen LogP contribution in [-0.4, -0.2) is 41.7 Å². The lowest BCUT2D eigenvalue weighted by atomic mass is 10.0. The molecule has 0 saturated carbocycles. The molecule has 100 valence electrons. The fraction of sp³-hybridized carbons (Fsp3) is 0.462. The topological polar surface area (TPSA) is 78.8 Å². The predicted octanol–water partition coefficient (Wildman–Crippen LogP) is 0.697. The van der Waals surface area contributed by atoms with E-state index in [1.54, 1.807) is 6.92 Å². The Labute approximate surface area is 106 Å². The van der Waals surface area contributed by atoms with Gasteiger partial charge in [0.2, 0.25) is 0 Å². The Morgan fingerprint density at radius 2 is 2.06 bits per heavy atom. The Hall–Kier alpha value is -1.59. The molecule has 0 saturated heterocycles. The van der Waals surface area contributed by atoms with Gasteiger partial charge in [0.1, 0.15) is 0 Å². The molecule has 0 radical (unpaired) electrons. The van der Waals surface area contributed by atoms with E-state index in [1.807, 2.05) is 30.3 Å². The molecule has 5 nitrogen and oxygen atoms in total. The lowest BCUT2D eigenvalue weighted by Crippen LogP contribution is -2.46. The minimum Gasteiger partial charge on any atom is -0.450 e. The fourth-order valence-electron chi connectivity index (χ4n) is 1.60. The summed E-state index contributed by atoms with van der Waals surface area (Å²) in [6, 6.07) is 8.86. The van der Waals surface area contributed by atoms with Crippen molar-refractivity contribution in [2.24, 2.45) is 0 Å². The van der Waals surface area contributed by atoms with Crippen molar-refractivity contribution in [2.45, 2.75) is 25.5 Å². The van der Waals surface area contributed by atoms with E-state index in [1.165, 1.54) is 0 Å². The molecule has 0 aliphatic heterocycles. The second-order valence-corrected chi connectivity index (χ2v) is 3.91. The number of carbonyl (C=O) groups is 1. The number of rotatable bonds is 6. The number of aliphatic hydroxyl groups is 2. The normalized spacial score (nSPS) is 13.7. The minimum atomic E-state index is -1.02. The fourth-order valence-corrected chi connectivity index (χ4v) is 1.60. The quantitative estimate of drug-likeness (QED) is 0.697. The zero-order valence-electron chi connectivity index (χ0n) is 10.4. The molecule has 0 aliphatic rings. The van der Waals surface area contributed by atoms with Crippen molar-refractivity contribution in [3.8, 4) is 0 Å². The molecule has 1 aromatic rings. The summed E-state index contributed by atoms with van der Waals surface area (Å²) in [5, 5.41) is 21.2. The van der Waals surface area contributed by atoms with Crippen LogP contribution in [-0.2, 0) is 11.2 Å². The maximum atomic E-state index is 11.3. The van der Waals surface area contributed by atoms with E-state index in [0.29, 0.717) is 6.42 Å². The number of amides is 1. The van der Waals surface area contributed by atoms with E-state index in [9.17, 15) is 9.90 Å². The van der Waals surface area contributed by atoms with Crippen molar-refractivity contribution < 1.29 is 19.7 Å². The van der Waals surface area contributed by atoms with Crippen LogP contribution in [0.5, 0.6) is 0 Å². The number of alkyl carbamates (subject to hydrolysis) is 1. The SMILES string of the molecule is CCOC(=O)N[C@@H](Cc1ccccc1)[C@H](O)CO. The molecule has 0 spiro atoms. The third-order valence-corrected chi connectivity index (χ3v) is 2.53. The highest BCUT2D eigenvalue weighted by atomic mass is 16.5. The first-order valence-corrected chi connectivity index (χ1v) is 5.93. The maximum absolute atomic E-state index is 11.3. The van der Waals surface area contributed by atoms with Gasteiger partial charge in [0.15, 0.2) is 0 Å². The molecule has 0 heterocycles. The number of hydrogen-bond donors (Lipinski definition) is 3. The molecule has 5 heteroatoms. The van der Waals surface area contributed by atoms with Gasteiger partial charge in [-0.1, -0.05) is 30.3 Å². The molecule has 1 amide bonds. The summed E-state index contributed by atoms with van der Waals surface area (Å²) in [5.41, 5.74) is 0.965. The van der Waals surface area contributed by atoms with Crippen molar-refractivity contribution >= 4 is 6.09 Å². The number of carbonyl (C=O) groups excluding carboxylic acids is 1. The third kappa shape index (κ3) is 4.73. The second kappa shape index (κ2) is 7.68. The van der Waals surface area contributed by atoms with Crippen molar-refractivity contribution in [1.29, 1.82) is 0 Å². The van der Waals surface area contributed by atoms with Gasteiger partial charge in [0, 0.05) is 0 Å². The Bertz CT molecular complexity index is 355. The Morgan fingerprint density at radius 1 is 1.39 bits per heavy atom. The standard InChI is InChI=1S/C13H19NO4/c1-2-18-13(17)14-11(12(16)9-15)8-10-6-4-3-5-7-10/h3-7,11-12,15-16H,2,8-9H2,1H3,(H,14,17)/t11-,12+/m0/s1. The largest absolute Gasteiger partial charge is 0.450 e. The third-order valence-electron chi connectivity index (χ3n) is 2.53. The lowest BCUT2D eigenvalue weighted by Gasteiger charge is -2.22. The molecule has 18 heavy (non-hydrogen) atoms. The summed E-state index contributed by atoms with van der Waals surface area (Å²) in [5.74, 6) is 0. The number of hydrogen-bond acceptors (Lipinski definition) is 4. The Balaban J connectivity index is 2.64. The highest BCUT2D eigenvalue weighted by Gasteiger charge is 2.21. The zero-order valence-corrected chi connectivity index (χ0v) is 10.4. The average Bonchev–Trinajstić information content (AvgIpc) is 2.38. The summed E-state index contributed by atoms with van der Waals surface area (Å²) in [7, 11) is 0. The van der Waals surface area contributed by atoms with Crippen LogP contribution in [0.3, 0.4) is 0 Å². The van der Waals surface area contributed by atoms with Gasteiger partial charge in [-0.3, -0.25) is 0 Å². The molecule has 2 atom stereocenters. The van der Waals surface area contributed by atoms with Crippen LogP contribution in [0.1, 0.15) is 12.5 Å². The van der Waals surface area contributed by atoms with E-state index < -0.39 is 24.8 Å². The molecule has 0 aromatic heterocycles. The van der Waals surface area contributed by atoms with Gasteiger partial charge in [-0.2, -0.15) is 0 Å². The van der Waals surface area contributed by atoms with Crippen molar-refractivity contribution in [3.05, 3.63) is 35.9 Å². The number of aliphatic hydroxyl groups excluding tert-OH is 2. The molecular weight excluding hydrogens is 234 g/mol. The summed E-state index contributed by atoms with van der Waals surface area (Å²) in [6.07, 6.45) is -1.18. The van der Waals surface area contributed by atoms with Crippen molar-refractivity contribution in [2.75, 3.05) is 13.2 Å². The van der Waals surface area contributed by atoms with Gasteiger partial charge in [0.25, 0.3) is 0 Å². The van der Waals surface area contributed by atoms with Crippen LogP contribution in [0.25, 0.3) is 0 Å². The van der Waals surface area contributed by atoms with Gasteiger partial charge >= 0.3 is 6.09 Å². The number of benzene rings is 1. The van der Waals surface area contributed by atoms with Gasteiger partial charge in [0.05, 0.1) is 25.4 Å². The predicted molar refractivity (Wildman–Crippen MR) is 67.2 cm³/mol. The van der Waals surface area contributed by atoms with Crippen LogP contribution < -0.4 is 5.32 Å². The molecule has 1 rings (SSSR count). The van der Waals surface area contributed by atoms with Crippen LogP contribution in [0.4, 0.5) is 4.79 Å². The Kier molecular flexibility index (Phi) is 6.18. The van der Waals surface area contributed by atoms with Crippen molar-refractivity contribution in [1.82, 2.24) is 5.32 Å². The molecule has 0 aliphatic carbocycles. The minimum absolute atomic E-state index is 0.263. The maximum Gasteiger partial charge on any atom is 0.407 e. The van der Waals surface area contributed by atoms with E-state index in [4.69, 9.17) is 9.84 Å². The van der Waals surface area contributed by atoms with Gasteiger partial charge < -0.3 is 20.3 Å². The highest BCUT2D eigenvalue weighted by Crippen LogP contribution is 2.06. The Morgan fingerprint density at radius 3 is 2.61 bits per heavy atom. The monoisotopic (exact) mass is 253 g/mol. The van der Waals surface area contributed by atoms with E-state index >= 15 is 0 Å². The van der Waals surface area contributed by atoms with E-state index in [-0.39, 0.29) is 6.61 Å². The number of ether oxygens (including phenoxy) is 1. The van der Waals surface area contributed by atoms with E-state index in [0.717, 1.165) is 5.56 Å². The first-order chi connectivity index (χ1) is 8.67. The summed E-state index contributed by atoms with van der Waals surface area (Å²) >= 11 is 0.